The highest BCUT2D eigenvalue weighted by Gasteiger charge is 2.16. The van der Waals surface area contributed by atoms with Crippen LogP contribution in [0.3, 0.4) is 0 Å². The lowest BCUT2D eigenvalue weighted by Crippen LogP contribution is -2.24. The topological polar surface area (TPSA) is 84.2 Å². The summed E-state index contributed by atoms with van der Waals surface area (Å²) in [6.07, 6.45) is 0. The Morgan fingerprint density at radius 3 is 2.79 bits per heavy atom. The smallest absolute Gasteiger partial charge is 0.356 e. The molecule has 2 N–H and O–H groups in total. The minimum absolute atomic E-state index is 0.147. The van der Waals surface area contributed by atoms with Crippen LogP contribution >= 0.6 is 27.3 Å². The maximum Gasteiger partial charge on any atom is 0.356 e. The summed E-state index contributed by atoms with van der Waals surface area (Å²) in [5, 5.41) is 15.3. The van der Waals surface area contributed by atoms with Crippen LogP contribution in [0, 0.1) is 0 Å². The number of rotatable bonds is 4. The molecule has 19 heavy (non-hydrogen) atoms. The molecule has 0 aliphatic carbocycles. The molecular formula is C11H10BrN3O3S. The summed E-state index contributed by atoms with van der Waals surface area (Å²) in [6.45, 7) is 0.392. The van der Waals surface area contributed by atoms with Crippen LogP contribution in [-0.4, -0.2) is 26.8 Å². The number of carboxylic acid groups (broad SMARTS) is 1. The zero-order valence-corrected chi connectivity index (χ0v) is 12.3. The number of carbonyl (C=O) groups is 2. The molecule has 0 aromatic carbocycles. The lowest BCUT2D eigenvalue weighted by atomic mass is 10.3. The highest BCUT2D eigenvalue weighted by atomic mass is 79.9. The highest BCUT2D eigenvalue weighted by molar-refractivity contribution is 9.11. The van der Waals surface area contributed by atoms with E-state index in [1.165, 1.54) is 29.1 Å². The number of halogens is 1. The molecule has 2 heterocycles. The lowest BCUT2D eigenvalue weighted by Gasteiger charge is -2.03. The second-order valence-corrected chi connectivity index (χ2v) is 6.28. The second-order valence-electron chi connectivity index (χ2n) is 3.73. The molecule has 1 amide bonds. The number of nitrogens with one attached hydrogen (secondary N) is 1. The Morgan fingerprint density at radius 1 is 1.53 bits per heavy atom. The van der Waals surface area contributed by atoms with Crippen molar-refractivity contribution in [3.63, 3.8) is 0 Å². The molecule has 0 atom stereocenters. The Labute approximate surface area is 121 Å². The Morgan fingerprint density at radius 2 is 2.26 bits per heavy atom. The van der Waals surface area contributed by atoms with Gasteiger partial charge >= 0.3 is 5.97 Å². The molecule has 2 aromatic rings. The SMILES string of the molecule is Cn1nc(C(=O)O)cc1C(=O)NCc1ccc(Br)s1. The number of hydrogen-bond acceptors (Lipinski definition) is 4. The third kappa shape index (κ3) is 3.21. The van der Waals surface area contributed by atoms with Crippen molar-refractivity contribution in [3.05, 3.63) is 38.3 Å². The molecule has 0 aliphatic heterocycles. The van der Waals surface area contributed by atoms with Gasteiger partial charge in [-0.05, 0) is 28.1 Å². The van der Waals surface area contributed by atoms with Crippen LogP contribution in [0.2, 0.25) is 0 Å². The van der Waals surface area contributed by atoms with E-state index in [4.69, 9.17) is 5.11 Å². The Kier molecular flexibility index (Phi) is 4.01. The standard InChI is InChI=1S/C11H10BrN3O3S/c1-15-8(4-7(14-15)11(17)18)10(16)13-5-6-2-3-9(12)19-6/h2-4H,5H2,1H3,(H,13,16)(H,17,18). The first-order valence-corrected chi connectivity index (χ1v) is 6.88. The molecular weight excluding hydrogens is 334 g/mol. The Hall–Kier alpha value is -1.67. The van der Waals surface area contributed by atoms with Crippen molar-refractivity contribution in [2.75, 3.05) is 0 Å². The van der Waals surface area contributed by atoms with Gasteiger partial charge in [0.2, 0.25) is 0 Å². The summed E-state index contributed by atoms with van der Waals surface area (Å²) >= 11 is 4.87. The van der Waals surface area contributed by atoms with Gasteiger partial charge in [0.1, 0.15) is 5.69 Å². The largest absolute Gasteiger partial charge is 0.476 e. The van der Waals surface area contributed by atoms with Gasteiger partial charge in [0.15, 0.2) is 5.69 Å². The Bertz CT molecular complexity index is 635. The van der Waals surface area contributed by atoms with Gasteiger partial charge in [0.05, 0.1) is 10.3 Å². The molecule has 0 saturated carbocycles. The van der Waals surface area contributed by atoms with Crippen LogP contribution in [0.4, 0.5) is 0 Å². The molecule has 0 fully saturated rings. The number of hydrogen-bond donors (Lipinski definition) is 2. The van der Waals surface area contributed by atoms with Gasteiger partial charge in [-0.15, -0.1) is 11.3 Å². The van der Waals surface area contributed by atoms with Crippen LogP contribution in [0.25, 0.3) is 0 Å². The minimum Gasteiger partial charge on any atom is -0.476 e. The lowest BCUT2D eigenvalue weighted by molar-refractivity contribution is 0.0689. The number of aryl methyl sites for hydroxylation is 1. The van der Waals surface area contributed by atoms with Gasteiger partial charge in [-0.2, -0.15) is 5.10 Å². The number of aromatic nitrogens is 2. The first-order valence-electron chi connectivity index (χ1n) is 5.27. The maximum atomic E-state index is 11.9. The molecule has 0 bridgehead atoms. The molecule has 2 aromatic heterocycles. The van der Waals surface area contributed by atoms with Crippen molar-refractivity contribution in [1.29, 1.82) is 0 Å². The third-order valence-corrected chi connectivity index (χ3v) is 4.01. The van der Waals surface area contributed by atoms with E-state index in [0.717, 1.165) is 8.66 Å². The molecule has 2 rings (SSSR count). The molecule has 6 nitrogen and oxygen atoms in total. The van der Waals surface area contributed by atoms with E-state index >= 15 is 0 Å². The van der Waals surface area contributed by atoms with Gasteiger partial charge in [-0.25, -0.2) is 4.79 Å². The predicted octanol–water partition coefficient (Wildman–Crippen LogP) is 1.87. The zero-order valence-electron chi connectivity index (χ0n) is 9.88. The third-order valence-electron chi connectivity index (χ3n) is 2.38. The van der Waals surface area contributed by atoms with Crippen LogP contribution in [0.15, 0.2) is 22.0 Å². The van der Waals surface area contributed by atoms with Crippen LogP contribution < -0.4 is 5.32 Å². The van der Waals surface area contributed by atoms with E-state index in [2.05, 4.69) is 26.3 Å². The van der Waals surface area contributed by atoms with E-state index < -0.39 is 5.97 Å². The average molecular weight is 344 g/mol. The van der Waals surface area contributed by atoms with E-state index in [9.17, 15) is 9.59 Å². The van der Waals surface area contributed by atoms with E-state index in [1.807, 2.05) is 12.1 Å². The number of carboxylic acids is 1. The monoisotopic (exact) mass is 343 g/mol. The van der Waals surface area contributed by atoms with Crippen molar-refractivity contribution >= 4 is 39.1 Å². The maximum absolute atomic E-state index is 11.9. The summed E-state index contributed by atoms with van der Waals surface area (Å²) in [7, 11) is 1.53. The molecule has 0 unspecified atom stereocenters. The number of amides is 1. The number of thiophene rings is 1. The molecule has 0 aliphatic rings. The first-order chi connectivity index (χ1) is 8.97. The van der Waals surface area contributed by atoms with Gasteiger partial charge < -0.3 is 10.4 Å². The van der Waals surface area contributed by atoms with Crippen molar-refractivity contribution < 1.29 is 14.7 Å². The van der Waals surface area contributed by atoms with Crippen molar-refractivity contribution in [3.8, 4) is 0 Å². The first kappa shape index (κ1) is 13.8. The van der Waals surface area contributed by atoms with E-state index in [0.29, 0.717) is 6.54 Å². The summed E-state index contributed by atoms with van der Waals surface area (Å²) in [6, 6.07) is 5.06. The van der Waals surface area contributed by atoms with Gasteiger partial charge in [0, 0.05) is 18.0 Å². The fourth-order valence-electron chi connectivity index (χ4n) is 1.49. The molecule has 0 saturated heterocycles. The van der Waals surface area contributed by atoms with Crippen molar-refractivity contribution in [1.82, 2.24) is 15.1 Å². The number of carbonyl (C=O) groups excluding carboxylic acids is 1. The van der Waals surface area contributed by atoms with Gasteiger partial charge in [0.25, 0.3) is 5.91 Å². The van der Waals surface area contributed by atoms with Crippen molar-refractivity contribution in [2.24, 2.45) is 7.05 Å². The minimum atomic E-state index is -1.16. The normalized spacial score (nSPS) is 10.4. The zero-order chi connectivity index (χ0) is 14.0. The average Bonchev–Trinajstić information content (AvgIpc) is 2.92. The molecule has 0 radical (unpaired) electrons. The summed E-state index contributed by atoms with van der Waals surface area (Å²) in [4.78, 5) is 23.7. The summed E-state index contributed by atoms with van der Waals surface area (Å²) < 4.78 is 2.24. The fraction of sp³-hybridized carbons (Fsp3) is 0.182. The van der Waals surface area contributed by atoms with Crippen molar-refractivity contribution in [2.45, 2.75) is 6.54 Å². The van der Waals surface area contributed by atoms with Crippen LogP contribution in [0.1, 0.15) is 25.9 Å². The molecule has 8 heteroatoms. The number of aromatic carboxylic acids is 1. The quantitative estimate of drug-likeness (QED) is 0.887. The highest BCUT2D eigenvalue weighted by Crippen LogP contribution is 2.21. The Balaban J connectivity index is 2.05. The summed E-state index contributed by atoms with van der Waals surface area (Å²) in [5.41, 5.74) is 0.0690. The second kappa shape index (κ2) is 5.54. The fourth-order valence-corrected chi connectivity index (χ4v) is 2.91. The van der Waals surface area contributed by atoms with Gasteiger partial charge in [-0.1, -0.05) is 0 Å². The summed E-state index contributed by atoms with van der Waals surface area (Å²) in [5.74, 6) is -1.51. The molecule has 100 valence electrons. The number of nitrogens with zero attached hydrogens (tertiary/aromatic N) is 2. The molecule has 0 spiro atoms. The van der Waals surface area contributed by atoms with Gasteiger partial charge in [-0.3, -0.25) is 9.48 Å². The van der Waals surface area contributed by atoms with Crippen LogP contribution in [0.5, 0.6) is 0 Å². The predicted molar refractivity (Wildman–Crippen MR) is 73.4 cm³/mol. The van der Waals surface area contributed by atoms with E-state index in [1.54, 1.807) is 0 Å². The van der Waals surface area contributed by atoms with Crippen LogP contribution in [-0.2, 0) is 13.6 Å². The van der Waals surface area contributed by atoms with E-state index in [-0.39, 0.29) is 17.3 Å².